The predicted octanol–water partition coefficient (Wildman–Crippen LogP) is 1.18. The number of cyclic esters (lactones) is 1. The smallest absolute Gasteiger partial charge is 0.410 e. The Bertz CT molecular complexity index is 473. The standard InChI is InChI=1S/C13H16N2O3/c1-9-4-3-5-10(6-9)12(16)14-7-11-8-15(2)13(17)18-11/h3-6,11H,7-8H2,1-2H3,(H,14,16). The minimum absolute atomic E-state index is 0.149. The van der Waals surface area contributed by atoms with Gasteiger partial charge in [-0.15, -0.1) is 0 Å². The number of rotatable bonds is 3. The summed E-state index contributed by atoms with van der Waals surface area (Å²) in [6, 6.07) is 7.36. The fraction of sp³-hybridized carbons (Fsp3) is 0.385. The molecule has 0 aliphatic carbocycles. The molecule has 5 heteroatoms. The summed E-state index contributed by atoms with van der Waals surface area (Å²) in [5.74, 6) is -0.149. The van der Waals surface area contributed by atoms with Crippen LogP contribution in [0.4, 0.5) is 4.79 Å². The van der Waals surface area contributed by atoms with Crippen molar-refractivity contribution in [3.05, 3.63) is 35.4 Å². The molecule has 1 heterocycles. The molecule has 0 bridgehead atoms. The molecule has 1 saturated heterocycles. The summed E-state index contributed by atoms with van der Waals surface area (Å²) in [5.41, 5.74) is 1.65. The van der Waals surface area contributed by atoms with Gasteiger partial charge >= 0.3 is 6.09 Å². The van der Waals surface area contributed by atoms with E-state index in [2.05, 4.69) is 5.32 Å². The van der Waals surface area contributed by atoms with Crippen LogP contribution in [-0.4, -0.2) is 43.1 Å². The van der Waals surface area contributed by atoms with Gasteiger partial charge in [-0.1, -0.05) is 17.7 Å². The Morgan fingerprint density at radius 2 is 2.33 bits per heavy atom. The highest BCUT2D eigenvalue weighted by atomic mass is 16.6. The van der Waals surface area contributed by atoms with Crippen LogP contribution in [-0.2, 0) is 4.74 Å². The first-order chi connectivity index (χ1) is 8.56. The molecule has 0 radical (unpaired) electrons. The number of benzene rings is 1. The SMILES string of the molecule is Cc1cccc(C(=O)NCC2CN(C)C(=O)O2)c1. The molecule has 1 unspecified atom stereocenters. The zero-order valence-electron chi connectivity index (χ0n) is 10.5. The van der Waals surface area contributed by atoms with Crippen LogP contribution in [0.3, 0.4) is 0 Å². The first-order valence-electron chi connectivity index (χ1n) is 5.83. The molecule has 2 amide bonds. The van der Waals surface area contributed by atoms with Gasteiger partial charge in [-0.2, -0.15) is 0 Å². The molecule has 96 valence electrons. The van der Waals surface area contributed by atoms with Crippen LogP contribution in [0.25, 0.3) is 0 Å². The zero-order valence-corrected chi connectivity index (χ0v) is 10.5. The zero-order chi connectivity index (χ0) is 13.1. The highest BCUT2D eigenvalue weighted by Gasteiger charge is 2.28. The second kappa shape index (κ2) is 5.08. The minimum Gasteiger partial charge on any atom is -0.442 e. The Labute approximate surface area is 106 Å². The normalized spacial score (nSPS) is 18.7. The van der Waals surface area contributed by atoms with Crippen molar-refractivity contribution in [2.45, 2.75) is 13.0 Å². The molecule has 1 aliphatic rings. The van der Waals surface area contributed by atoms with Crippen LogP contribution < -0.4 is 5.32 Å². The van der Waals surface area contributed by atoms with Crippen molar-refractivity contribution in [2.75, 3.05) is 20.1 Å². The van der Waals surface area contributed by atoms with Crippen LogP contribution >= 0.6 is 0 Å². The maximum atomic E-state index is 11.9. The van der Waals surface area contributed by atoms with Crippen molar-refractivity contribution in [2.24, 2.45) is 0 Å². The summed E-state index contributed by atoms with van der Waals surface area (Å²) < 4.78 is 5.06. The molecule has 1 aliphatic heterocycles. The molecule has 5 nitrogen and oxygen atoms in total. The van der Waals surface area contributed by atoms with E-state index in [1.807, 2.05) is 25.1 Å². The van der Waals surface area contributed by atoms with Gasteiger partial charge in [0.2, 0.25) is 0 Å². The van der Waals surface area contributed by atoms with Gasteiger partial charge in [0.25, 0.3) is 5.91 Å². The number of likely N-dealkylation sites (N-methyl/N-ethyl adjacent to an activating group) is 1. The van der Waals surface area contributed by atoms with Crippen molar-refractivity contribution in [1.29, 1.82) is 0 Å². The van der Waals surface area contributed by atoms with Crippen LogP contribution in [0, 0.1) is 6.92 Å². The average molecular weight is 248 g/mol. The lowest BCUT2D eigenvalue weighted by molar-refractivity contribution is 0.0915. The van der Waals surface area contributed by atoms with Gasteiger partial charge in [-0.25, -0.2) is 4.79 Å². The van der Waals surface area contributed by atoms with Crippen LogP contribution in [0.1, 0.15) is 15.9 Å². The predicted molar refractivity (Wildman–Crippen MR) is 66.4 cm³/mol. The lowest BCUT2D eigenvalue weighted by Gasteiger charge is -2.10. The monoisotopic (exact) mass is 248 g/mol. The molecular weight excluding hydrogens is 232 g/mol. The third kappa shape index (κ3) is 2.80. The molecule has 1 atom stereocenters. The van der Waals surface area contributed by atoms with Crippen molar-refractivity contribution in [3.63, 3.8) is 0 Å². The Morgan fingerprint density at radius 3 is 2.94 bits per heavy atom. The number of carbonyl (C=O) groups is 2. The van der Waals surface area contributed by atoms with E-state index in [4.69, 9.17) is 4.74 Å². The molecule has 1 aromatic carbocycles. The van der Waals surface area contributed by atoms with Crippen molar-refractivity contribution < 1.29 is 14.3 Å². The molecule has 1 aromatic rings. The number of hydrogen-bond acceptors (Lipinski definition) is 3. The summed E-state index contributed by atoms with van der Waals surface area (Å²) in [7, 11) is 1.67. The highest BCUT2D eigenvalue weighted by Crippen LogP contribution is 2.08. The van der Waals surface area contributed by atoms with Crippen LogP contribution in [0.15, 0.2) is 24.3 Å². The maximum absolute atomic E-state index is 11.9. The van der Waals surface area contributed by atoms with Gasteiger partial charge in [0.05, 0.1) is 13.1 Å². The molecular formula is C13H16N2O3. The number of amides is 2. The Hall–Kier alpha value is -2.04. The quantitative estimate of drug-likeness (QED) is 0.873. The molecule has 18 heavy (non-hydrogen) atoms. The van der Waals surface area contributed by atoms with Gasteiger partial charge in [0.15, 0.2) is 0 Å². The van der Waals surface area contributed by atoms with Gasteiger partial charge in [0.1, 0.15) is 6.10 Å². The number of aryl methyl sites for hydroxylation is 1. The summed E-state index contributed by atoms with van der Waals surface area (Å²) in [4.78, 5) is 24.5. The van der Waals surface area contributed by atoms with Gasteiger partial charge in [-0.05, 0) is 19.1 Å². The molecule has 2 rings (SSSR count). The van der Waals surface area contributed by atoms with E-state index >= 15 is 0 Å². The number of ether oxygens (including phenoxy) is 1. The third-order valence-corrected chi connectivity index (χ3v) is 2.83. The van der Waals surface area contributed by atoms with E-state index in [-0.39, 0.29) is 18.1 Å². The average Bonchev–Trinajstić information content (AvgIpc) is 2.66. The van der Waals surface area contributed by atoms with Gasteiger partial charge < -0.3 is 15.0 Å². The number of hydrogen-bond donors (Lipinski definition) is 1. The van der Waals surface area contributed by atoms with Crippen molar-refractivity contribution in [1.82, 2.24) is 10.2 Å². The lowest BCUT2D eigenvalue weighted by Crippen LogP contribution is -2.34. The van der Waals surface area contributed by atoms with E-state index in [0.717, 1.165) is 5.56 Å². The topological polar surface area (TPSA) is 58.6 Å². The van der Waals surface area contributed by atoms with E-state index < -0.39 is 0 Å². The highest BCUT2D eigenvalue weighted by molar-refractivity contribution is 5.94. The Kier molecular flexibility index (Phi) is 3.50. The minimum atomic E-state index is -0.343. The lowest BCUT2D eigenvalue weighted by atomic mass is 10.1. The summed E-state index contributed by atoms with van der Waals surface area (Å²) in [6.45, 7) is 2.78. The second-order valence-electron chi connectivity index (χ2n) is 4.47. The van der Waals surface area contributed by atoms with E-state index in [0.29, 0.717) is 18.7 Å². The summed E-state index contributed by atoms with van der Waals surface area (Å²) >= 11 is 0. The van der Waals surface area contributed by atoms with Gasteiger partial charge in [0, 0.05) is 12.6 Å². The van der Waals surface area contributed by atoms with Crippen molar-refractivity contribution in [3.8, 4) is 0 Å². The van der Waals surface area contributed by atoms with Crippen LogP contribution in [0.5, 0.6) is 0 Å². The fourth-order valence-electron chi connectivity index (χ4n) is 1.85. The molecule has 0 aromatic heterocycles. The van der Waals surface area contributed by atoms with Crippen LogP contribution in [0.2, 0.25) is 0 Å². The molecule has 1 N–H and O–H groups in total. The first kappa shape index (κ1) is 12.4. The van der Waals surface area contributed by atoms with Crippen molar-refractivity contribution >= 4 is 12.0 Å². The Morgan fingerprint density at radius 1 is 1.56 bits per heavy atom. The number of nitrogens with one attached hydrogen (secondary N) is 1. The molecule has 0 saturated carbocycles. The first-order valence-corrected chi connectivity index (χ1v) is 5.83. The van der Waals surface area contributed by atoms with E-state index in [1.165, 1.54) is 4.90 Å². The second-order valence-corrected chi connectivity index (χ2v) is 4.47. The summed E-state index contributed by atoms with van der Waals surface area (Å²) in [5, 5.41) is 2.77. The molecule has 1 fully saturated rings. The Balaban J connectivity index is 1.87. The maximum Gasteiger partial charge on any atom is 0.410 e. The fourth-order valence-corrected chi connectivity index (χ4v) is 1.85. The largest absolute Gasteiger partial charge is 0.442 e. The number of nitrogens with zero attached hydrogens (tertiary/aromatic N) is 1. The van der Waals surface area contributed by atoms with E-state index in [1.54, 1.807) is 13.1 Å². The summed E-state index contributed by atoms with van der Waals surface area (Å²) in [6.07, 6.45) is -0.610. The van der Waals surface area contributed by atoms with Gasteiger partial charge in [-0.3, -0.25) is 4.79 Å². The number of carbonyl (C=O) groups excluding carboxylic acids is 2. The molecule has 0 spiro atoms. The van der Waals surface area contributed by atoms with E-state index in [9.17, 15) is 9.59 Å². The third-order valence-electron chi connectivity index (χ3n) is 2.83.